The van der Waals surface area contributed by atoms with Crippen molar-refractivity contribution in [1.82, 2.24) is 0 Å². The molecule has 20 heavy (non-hydrogen) atoms. The largest absolute Gasteiger partial charge is 0.399 e. The molecule has 0 heterocycles. The van der Waals surface area contributed by atoms with Crippen molar-refractivity contribution >= 4 is 38.7 Å². The van der Waals surface area contributed by atoms with E-state index in [1.807, 2.05) is 0 Å². The summed E-state index contributed by atoms with van der Waals surface area (Å²) in [5, 5.41) is 1.65. The second kappa shape index (κ2) is 6.45. The van der Waals surface area contributed by atoms with Gasteiger partial charge in [0.25, 0.3) is 0 Å². The number of hydrogen-bond donors (Lipinski definition) is 2. The number of carbonyl (C=O) groups excluding carboxylic acids is 1. The van der Waals surface area contributed by atoms with Crippen molar-refractivity contribution in [1.29, 1.82) is 0 Å². The lowest BCUT2D eigenvalue weighted by Gasteiger charge is -2.15. The number of carbonyl (C=O) groups is 1. The summed E-state index contributed by atoms with van der Waals surface area (Å²) < 4.78 is 24.0. The number of nitrogens with two attached hydrogens (primary N) is 1. The van der Waals surface area contributed by atoms with Crippen LogP contribution in [0.5, 0.6) is 0 Å². The van der Waals surface area contributed by atoms with Gasteiger partial charge in [0.2, 0.25) is 5.91 Å². The number of sulfone groups is 1. The molecule has 0 saturated carbocycles. The van der Waals surface area contributed by atoms with Crippen LogP contribution in [0.25, 0.3) is 0 Å². The zero-order valence-corrected chi connectivity index (χ0v) is 13.3. The number of anilines is 2. The van der Waals surface area contributed by atoms with Crippen molar-refractivity contribution in [2.75, 3.05) is 16.8 Å². The van der Waals surface area contributed by atoms with Gasteiger partial charge in [-0.05, 0) is 31.0 Å². The highest BCUT2D eigenvalue weighted by Crippen LogP contribution is 2.24. The molecule has 1 amide bonds. The average molecular weight is 319 g/mol. The Morgan fingerprint density at radius 2 is 1.95 bits per heavy atom. The van der Waals surface area contributed by atoms with Crippen LogP contribution < -0.4 is 11.1 Å². The predicted octanol–water partition coefficient (Wildman–Crippen LogP) is 2.32. The molecule has 5 nitrogen and oxygen atoms in total. The summed E-state index contributed by atoms with van der Waals surface area (Å²) in [7, 11) is -3.48. The number of hydrogen-bond acceptors (Lipinski definition) is 4. The van der Waals surface area contributed by atoms with Crippen LogP contribution in [0.15, 0.2) is 18.2 Å². The lowest BCUT2D eigenvalue weighted by atomic mass is 10.2. The molecule has 1 atom stereocenters. The molecule has 7 heteroatoms. The molecule has 0 aliphatic rings. The molecule has 0 aliphatic heterocycles. The fourth-order valence-electron chi connectivity index (χ4n) is 1.64. The fourth-order valence-corrected chi connectivity index (χ4v) is 3.48. The van der Waals surface area contributed by atoms with Gasteiger partial charge in [-0.1, -0.05) is 25.4 Å². The highest BCUT2D eigenvalue weighted by atomic mass is 35.5. The minimum atomic E-state index is -3.48. The minimum absolute atomic E-state index is 0.0307. The summed E-state index contributed by atoms with van der Waals surface area (Å²) in [4.78, 5) is 12.0. The summed E-state index contributed by atoms with van der Waals surface area (Å²) in [5.74, 6) is -0.662. The minimum Gasteiger partial charge on any atom is -0.399 e. The molecular formula is C13H19ClN2O3S. The average Bonchev–Trinajstić information content (AvgIpc) is 2.30. The van der Waals surface area contributed by atoms with Crippen LogP contribution >= 0.6 is 11.6 Å². The summed E-state index contributed by atoms with van der Waals surface area (Å²) in [5.41, 5.74) is 6.36. The maximum absolute atomic E-state index is 12.0. The molecule has 0 radical (unpaired) electrons. The Morgan fingerprint density at radius 3 is 2.45 bits per heavy atom. The van der Waals surface area contributed by atoms with E-state index in [-0.39, 0.29) is 16.7 Å². The van der Waals surface area contributed by atoms with Crippen LogP contribution in [0.1, 0.15) is 20.8 Å². The highest BCUT2D eigenvalue weighted by Gasteiger charge is 2.28. The normalized spacial score (nSPS) is 13.2. The Kier molecular flexibility index (Phi) is 5.42. The van der Waals surface area contributed by atoms with Crippen LogP contribution in [0.4, 0.5) is 11.4 Å². The molecule has 1 aromatic rings. The summed E-state index contributed by atoms with van der Waals surface area (Å²) in [6, 6.07) is 4.61. The van der Waals surface area contributed by atoms with E-state index in [9.17, 15) is 13.2 Å². The third-order valence-electron chi connectivity index (χ3n) is 2.72. The third-order valence-corrected chi connectivity index (χ3v) is 5.46. The van der Waals surface area contributed by atoms with E-state index >= 15 is 0 Å². The standard InChI is InChI=1S/C13H19ClN2O3S/c1-8(2)7-20(18,19)9(3)13(17)16-12-5-4-10(15)6-11(12)14/h4-6,8-9H,7,15H2,1-3H3,(H,16,17). The van der Waals surface area contributed by atoms with Gasteiger partial charge in [0.05, 0.1) is 16.5 Å². The van der Waals surface area contributed by atoms with E-state index in [0.717, 1.165) is 0 Å². The number of rotatable bonds is 5. The Hall–Kier alpha value is -1.27. The Morgan fingerprint density at radius 1 is 1.35 bits per heavy atom. The molecule has 1 unspecified atom stereocenters. The lowest BCUT2D eigenvalue weighted by molar-refractivity contribution is -0.115. The van der Waals surface area contributed by atoms with Gasteiger partial charge in [-0.2, -0.15) is 0 Å². The molecule has 3 N–H and O–H groups in total. The van der Waals surface area contributed by atoms with Gasteiger partial charge in [-0.25, -0.2) is 8.42 Å². The number of nitrogen functional groups attached to an aromatic ring is 1. The van der Waals surface area contributed by atoms with Crippen LogP contribution in [-0.2, 0) is 14.6 Å². The Labute approximate surface area is 124 Å². The van der Waals surface area contributed by atoms with Crippen LogP contribution in [0.2, 0.25) is 5.02 Å². The molecule has 0 bridgehead atoms. The molecule has 1 aromatic carbocycles. The number of halogens is 1. The molecule has 0 saturated heterocycles. The van der Waals surface area contributed by atoms with Crippen LogP contribution in [0, 0.1) is 5.92 Å². The zero-order valence-electron chi connectivity index (χ0n) is 11.7. The van der Waals surface area contributed by atoms with Gasteiger partial charge in [-0.15, -0.1) is 0 Å². The number of benzene rings is 1. The van der Waals surface area contributed by atoms with Crippen molar-refractivity contribution in [2.24, 2.45) is 5.92 Å². The predicted molar refractivity (Wildman–Crippen MR) is 82.6 cm³/mol. The fraction of sp³-hybridized carbons (Fsp3) is 0.462. The Bertz CT molecular complexity index is 600. The van der Waals surface area contributed by atoms with Crippen molar-refractivity contribution in [2.45, 2.75) is 26.0 Å². The smallest absolute Gasteiger partial charge is 0.242 e. The second-order valence-corrected chi connectivity index (χ2v) is 7.87. The first-order valence-corrected chi connectivity index (χ1v) is 8.30. The SMILES string of the molecule is CC(C)CS(=O)(=O)C(C)C(=O)Nc1ccc(N)cc1Cl. The summed E-state index contributed by atoms with van der Waals surface area (Å²) >= 11 is 5.93. The van der Waals surface area contributed by atoms with Crippen LogP contribution in [0.3, 0.4) is 0 Å². The van der Waals surface area contributed by atoms with Crippen molar-refractivity contribution < 1.29 is 13.2 Å². The van der Waals surface area contributed by atoms with Crippen molar-refractivity contribution in [3.8, 4) is 0 Å². The molecule has 1 rings (SSSR count). The van der Waals surface area contributed by atoms with Gasteiger partial charge in [0.1, 0.15) is 5.25 Å². The molecule has 0 fully saturated rings. The van der Waals surface area contributed by atoms with Gasteiger partial charge in [0.15, 0.2) is 9.84 Å². The van der Waals surface area contributed by atoms with Crippen LogP contribution in [-0.4, -0.2) is 25.3 Å². The van der Waals surface area contributed by atoms with Crippen molar-refractivity contribution in [3.05, 3.63) is 23.2 Å². The maximum Gasteiger partial charge on any atom is 0.242 e. The van der Waals surface area contributed by atoms with E-state index in [4.69, 9.17) is 17.3 Å². The van der Waals surface area contributed by atoms with Gasteiger partial charge < -0.3 is 11.1 Å². The first-order valence-electron chi connectivity index (χ1n) is 6.21. The monoisotopic (exact) mass is 318 g/mol. The summed E-state index contributed by atoms with van der Waals surface area (Å²) in [6.45, 7) is 4.95. The lowest BCUT2D eigenvalue weighted by Crippen LogP contribution is -2.35. The first-order chi connectivity index (χ1) is 9.13. The Balaban J connectivity index is 2.85. The van der Waals surface area contributed by atoms with E-state index in [0.29, 0.717) is 11.4 Å². The molecule has 0 spiro atoms. The summed E-state index contributed by atoms with van der Waals surface area (Å²) in [6.07, 6.45) is 0. The molecular weight excluding hydrogens is 300 g/mol. The highest BCUT2D eigenvalue weighted by molar-refractivity contribution is 7.92. The zero-order chi connectivity index (χ0) is 15.5. The van der Waals surface area contributed by atoms with Crippen molar-refractivity contribution in [3.63, 3.8) is 0 Å². The van der Waals surface area contributed by atoms with Gasteiger partial charge >= 0.3 is 0 Å². The molecule has 0 aromatic heterocycles. The van der Waals surface area contributed by atoms with E-state index in [1.165, 1.54) is 19.1 Å². The second-order valence-electron chi connectivity index (χ2n) is 5.09. The van der Waals surface area contributed by atoms with E-state index < -0.39 is 21.0 Å². The number of amides is 1. The number of nitrogens with one attached hydrogen (secondary N) is 1. The third kappa shape index (κ3) is 4.38. The van der Waals surface area contributed by atoms with E-state index in [1.54, 1.807) is 19.9 Å². The van der Waals surface area contributed by atoms with Gasteiger partial charge in [0, 0.05) is 5.69 Å². The first kappa shape index (κ1) is 16.8. The quantitative estimate of drug-likeness (QED) is 0.815. The molecule has 112 valence electrons. The van der Waals surface area contributed by atoms with Gasteiger partial charge in [-0.3, -0.25) is 4.79 Å². The topological polar surface area (TPSA) is 89.3 Å². The maximum atomic E-state index is 12.0. The molecule has 0 aliphatic carbocycles. The van der Waals surface area contributed by atoms with E-state index in [2.05, 4.69) is 5.32 Å².